The van der Waals surface area contributed by atoms with Gasteiger partial charge in [0.25, 0.3) is 5.91 Å². The maximum absolute atomic E-state index is 12.4. The lowest BCUT2D eigenvalue weighted by Gasteiger charge is -2.31. The fraction of sp³-hybridized carbons (Fsp3) is 0.385. The highest BCUT2D eigenvalue weighted by Crippen LogP contribution is 2.25. The van der Waals surface area contributed by atoms with Crippen LogP contribution in [0.3, 0.4) is 0 Å². The molecule has 0 saturated carbocycles. The van der Waals surface area contributed by atoms with Gasteiger partial charge in [0.15, 0.2) is 0 Å². The third-order valence-corrected chi connectivity index (χ3v) is 4.00. The van der Waals surface area contributed by atoms with E-state index in [0.29, 0.717) is 25.9 Å². The summed E-state index contributed by atoms with van der Waals surface area (Å²) in [6.45, 7) is 1.04. The van der Waals surface area contributed by atoms with Gasteiger partial charge in [0.2, 0.25) is 0 Å². The zero-order valence-electron chi connectivity index (χ0n) is 10.8. The number of rotatable bonds is 2. The van der Waals surface area contributed by atoms with Gasteiger partial charge >= 0.3 is 0 Å². The molecular weight excluding hydrogens is 326 g/mol. The van der Waals surface area contributed by atoms with Crippen LogP contribution in [0.25, 0.3) is 0 Å². The molecule has 0 bridgehead atoms. The third-order valence-electron chi connectivity index (χ3n) is 3.50. The molecule has 4 N–H and O–H groups in total. The van der Waals surface area contributed by atoms with Gasteiger partial charge in [-0.15, -0.1) is 0 Å². The molecule has 1 heterocycles. The van der Waals surface area contributed by atoms with Crippen molar-refractivity contribution < 1.29 is 15.1 Å². The number of carbonyl (C=O) groups excluding carboxylic acids is 1. The number of oxime groups is 1. The molecule has 0 aromatic heterocycles. The summed E-state index contributed by atoms with van der Waals surface area (Å²) in [5.74, 6) is -0.0268. The van der Waals surface area contributed by atoms with Crippen molar-refractivity contribution in [2.75, 3.05) is 13.1 Å². The first-order valence-electron chi connectivity index (χ1n) is 6.28. The van der Waals surface area contributed by atoms with E-state index in [9.17, 15) is 9.90 Å². The number of halogens is 1. The van der Waals surface area contributed by atoms with Crippen molar-refractivity contribution in [2.45, 2.75) is 12.8 Å². The summed E-state index contributed by atoms with van der Waals surface area (Å²) >= 11 is 3.28. The number of hydrogen-bond acceptors (Lipinski definition) is 4. The third kappa shape index (κ3) is 3.04. The second-order valence-corrected chi connectivity index (χ2v) is 5.67. The van der Waals surface area contributed by atoms with Crippen LogP contribution in [0.5, 0.6) is 5.75 Å². The van der Waals surface area contributed by atoms with Crippen LogP contribution in [0.4, 0.5) is 0 Å². The Balaban J connectivity index is 2.07. The number of nitrogens with zero attached hydrogens (tertiary/aromatic N) is 2. The van der Waals surface area contributed by atoms with Crippen molar-refractivity contribution in [1.82, 2.24) is 4.90 Å². The zero-order chi connectivity index (χ0) is 14.7. The minimum atomic E-state index is -0.207. The molecule has 1 fully saturated rings. The molecule has 0 aliphatic carbocycles. The summed E-state index contributed by atoms with van der Waals surface area (Å²) in [7, 11) is 0. The summed E-state index contributed by atoms with van der Waals surface area (Å²) in [5, 5.41) is 21.4. The summed E-state index contributed by atoms with van der Waals surface area (Å²) < 4.78 is 0.741. The summed E-state index contributed by atoms with van der Waals surface area (Å²) in [4.78, 5) is 14.0. The quantitative estimate of drug-likeness (QED) is 0.330. The Morgan fingerprint density at radius 2 is 2.05 bits per heavy atom. The van der Waals surface area contributed by atoms with E-state index >= 15 is 0 Å². The average Bonchev–Trinajstić information content (AvgIpc) is 2.48. The number of benzene rings is 1. The van der Waals surface area contributed by atoms with Crippen molar-refractivity contribution in [3.63, 3.8) is 0 Å². The van der Waals surface area contributed by atoms with E-state index in [0.717, 1.165) is 4.47 Å². The molecule has 108 valence electrons. The smallest absolute Gasteiger partial charge is 0.257 e. The van der Waals surface area contributed by atoms with Gasteiger partial charge in [0, 0.05) is 23.5 Å². The number of phenols is 1. The van der Waals surface area contributed by atoms with Gasteiger partial charge in [-0.3, -0.25) is 4.79 Å². The highest BCUT2D eigenvalue weighted by molar-refractivity contribution is 9.10. The SMILES string of the molecule is N/C(=N/O)C1CCN(C(=O)c2cc(Br)ccc2O)CC1. The maximum Gasteiger partial charge on any atom is 0.257 e. The Morgan fingerprint density at radius 1 is 1.40 bits per heavy atom. The molecule has 0 spiro atoms. The predicted octanol–water partition coefficient (Wildman–Crippen LogP) is 1.75. The highest BCUT2D eigenvalue weighted by Gasteiger charge is 2.27. The Morgan fingerprint density at radius 3 is 2.65 bits per heavy atom. The average molecular weight is 342 g/mol. The molecule has 1 aliphatic heterocycles. The van der Waals surface area contributed by atoms with Crippen LogP contribution in [0.1, 0.15) is 23.2 Å². The Bertz CT molecular complexity index is 540. The fourth-order valence-electron chi connectivity index (χ4n) is 2.31. The summed E-state index contributed by atoms with van der Waals surface area (Å²) in [6, 6.07) is 4.77. The van der Waals surface area contributed by atoms with Crippen LogP contribution in [-0.2, 0) is 0 Å². The fourth-order valence-corrected chi connectivity index (χ4v) is 2.67. The van der Waals surface area contributed by atoms with E-state index in [2.05, 4.69) is 21.1 Å². The lowest BCUT2D eigenvalue weighted by atomic mass is 9.95. The Kier molecular flexibility index (Phi) is 4.49. The molecule has 1 aliphatic rings. The molecule has 1 aromatic carbocycles. The van der Waals surface area contributed by atoms with E-state index in [-0.39, 0.29) is 29.0 Å². The normalized spacial score (nSPS) is 17.2. The number of piperidine rings is 1. The topological polar surface area (TPSA) is 99.2 Å². The molecule has 0 atom stereocenters. The van der Waals surface area contributed by atoms with Gasteiger partial charge in [-0.2, -0.15) is 0 Å². The van der Waals surface area contributed by atoms with Crippen molar-refractivity contribution >= 4 is 27.7 Å². The number of nitrogens with two attached hydrogens (primary N) is 1. The maximum atomic E-state index is 12.4. The van der Waals surface area contributed by atoms with Crippen molar-refractivity contribution in [2.24, 2.45) is 16.8 Å². The summed E-state index contributed by atoms with van der Waals surface area (Å²) in [5.41, 5.74) is 5.85. The number of aromatic hydroxyl groups is 1. The molecule has 6 nitrogen and oxygen atoms in total. The largest absolute Gasteiger partial charge is 0.507 e. The standard InChI is InChI=1S/C13H16BrN3O3/c14-9-1-2-11(18)10(7-9)13(19)17-5-3-8(4-6-17)12(15)16-20/h1-2,7-8,18,20H,3-6H2,(H2,15,16). The van der Waals surface area contributed by atoms with Crippen molar-refractivity contribution in [3.05, 3.63) is 28.2 Å². The Labute approximate surface area is 125 Å². The van der Waals surface area contributed by atoms with E-state index in [4.69, 9.17) is 10.9 Å². The lowest BCUT2D eigenvalue weighted by molar-refractivity contribution is 0.0706. The first-order chi connectivity index (χ1) is 9.52. The van der Waals surface area contributed by atoms with Crippen LogP contribution in [0.15, 0.2) is 27.8 Å². The van der Waals surface area contributed by atoms with Gasteiger partial charge in [0.05, 0.1) is 5.56 Å². The number of likely N-dealkylation sites (tertiary alicyclic amines) is 1. The van der Waals surface area contributed by atoms with E-state index < -0.39 is 0 Å². The van der Waals surface area contributed by atoms with Crippen molar-refractivity contribution in [3.8, 4) is 5.75 Å². The molecule has 0 radical (unpaired) electrons. The molecule has 0 unspecified atom stereocenters. The number of carbonyl (C=O) groups is 1. The molecule has 1 saturated heterocycles. The number of amides is 1. The van der Waals surface area contributed by atoms with Crippen LogP contribution in [0.2, 0.25) is 0 Å². The lowest BCUT2D eigenvalue weighted by Crippen LogP contribution is -2.41. The predicted molar refractivity (Wildman–Crippen MR) is 77.8 cm³/mol. The Hall–Kier alpha value is -1.76. The van der Waals surface area contributed by atoms with Gasteiger partial charge < -0.3 is 20.9 Å². The molecule has 2 rings (SSSR count). The zero-order valence-corrected chi connectivity index (χ0v) is 12.4. The minimum absolute atomic E-state index is 0.000145. The van der Waals surface area contributed by atoms with Crippen LogP contribution in [-0.4, -0.2) is 40.0 Å². The van der Waals surface area contributed by atoms with Crippen LogP contribution >= 0.6 is 15.9 Å². The van der Waals surface area contributed by atoms with Gasteiger partial charge in [-0.1, -0.05) is 21.1 Å². The van der Waals surface area contributed by atoms with E-state index in [1.807, 2.05) is 0 Å². The monoisotopic (exact) mass is 341 g/mol. The molecular formula is C13H16BrN3O3. The number of hydrogen-bond donors (Lipinski definition) is 3. The van der Waals surface area contributed by atoms with Crippen LogP contribution in [0, 0.1) is 5.92 Å². The van der Waals surface area contributed by atoms with E-state index in [1.165, 1.54) is 6.07 Å². The van der Waals surface area contributed by atoms with Crippen LogP contribution < -0.4 is 5.73 Å². The van der Waals surface area contributed by atoms with Gasteiger partial charge in [-0.25, -0.2) is 0 Å². The molecule has 20 heavy (non-hydrogen) atoms. The molecule has 1 amide bonds. The first kappa shape index (κ1) is 14.6. The molecule has 1 aromatic rings. The summed E-state index contributed by atoms with van der Waals surface area (Å²) in [6.07, 6.45) is 1.30. The van der Waals surface area contributed by atoms with E-state index in [1.54, 1.807) is 17.0 Å². The minimum Gasteiger partial charge on any atom is -0.507 e. The highest BCUT2D eigenvalue weighted by atomic mass is 79.9. The van der Waals surface area contributed by atoms with Gasteiger partial charge in [0.1, 0.15) is 11.6 Å². The second kappa shape index (κ2) is 6.13. The number of phenolic OH excluding ortho intramolecular Hbond substituents is 1. The number of amidine groups is 1. The first-order valence-corrected chi connectivity index (χ1v) is 7.07. The molecule has 7 heteroatoms. The second-order valence-electron chi connectivity index (χ2n) is 4.75. The van der Waals surface area contributed by atoms with Gasteiger partial charge in [-0.05, 0) is 31.0 Å². The van der Waals surface area contributed by atoms with Crippen molar-refractivity contribution in [1.29, 1.82) is 0 Å².